The smallest absolute Gasteiger partial charge is 0.167 e. The molecule has 0 fully saturated rings. The third kappa shape index (κ3) is 3.06. The van der Waals surface area contributed by atoms with Gasteiger partial charge in [-0.1, -0.05) is 29.8 Å². The third-order valence-corrected chi connectivity index (χ3v) is 3.08. The first-order chi connectivity index (χ1) is 8.99. The van der Waals surface area contributed by atoms with E-state index in [0.717, 1.165) is 5.56 Å². The highest BCUT2D eigenvalue weighted by Gasteiger charge is 2.15. The Labute approximate surface area is 117 Å². The zero-order valence-corrected chi connectivity index (χ0v) is 11.5. The second kappa shape index (κ2) is 5.59. The number of aryl methyl sites for hydroxylation is 1. The molecular formula is C15H15ClFNO. The Bertz CT molecular complexity index is 599. The fourth-order valence-electron chi connectivity index (χ4n) is 1.79. The van der Waals surface area contributed by atoms with Gasteiger partial charge in [0.25, 0.3) is 0 Å². The molecule has 0 aliphatic heterocycles. The molecule has 0 aliphatic carbocycles. The van der Waals surface area contributed by atoms with Crippen LogP contribution in [0.25, 0.3) is 0 Å². The van der Waals surface area contributed by atoms with Gasteiger partial charge in [0.1, 0.15) is 5.75 Å². The fourth-order valence-corrected chi connectivity index (χ4v) is 2.06. The van der Waals surface area contributed by atoms with Crippen LogP contribution in [-0.4, -0.2) is 0 Å². The molecule has 0 unspecified atom stereocenters. The lowest BCUT2D eigenvalue weighted by Gasteiger charge is -2.15. The van der Waals surface area contributed by atoms with Crippen molar-refractivity contribution >= 4 is 11.6 Å². The summed E-state index contributed by atoms with van der Waals surface area (Å²) in [5.74, 6) is 0.0916. The summed E-state index contributed by atoms with van der Waals surface area (Å²) in [6, 6.07) is 9.70. The SMILES string of the molecule is Cc1ccc(Oc2c(F)cccc2[C@@H](C)N)c(Cl)c1. The first-order valence-electron chi connectivity index (χ1n) is 5.97. The molecule has 0 heterocycles. The van der Waals surface area contributed by atoms with Gasteiger partial charge >= 0.3 is 0 Å². The van der Waals surface area contributed by atoms with E-state index in [2.05, 4.69) is 0 Å². The van der Waals surface area contributed by atoms with Crippen LogP contribution in [0.3, 0.4) is 0 Å². The fraction of sp³-hybridized carbons (Fsp3) is 0.200. The molecular weight excluding hydrogens is 265 g/mol. The lowest BCUT2D eigenvalue weighted by molar-refractivity contribution is 0.433. The number of hydrogen-bond donors (Lipinski definition) is 1. The van der Waals surface area contributed by atoms with Crippen LogP contribution in [0.5, 0.6) is 11.5 Å². The van der Waals surface area contributed by atoms with Crippen molar-refractivity contribution in [1.82, 2.24) is 0 Å². The second-order valence-electron chi connectivity index (χ2n) is 4.48. The minimum atomic E-state index is -0.452. The second-order valence-corrected chi connectivity index (χ2v) is 4.89. The summed E-state index contributed by atoms with van der Waals surface area (Å²) in [5, 5.41) is 0.443. The van der Waals surface area contributed by atoms with E-state index in [4.69, 9.17) is 22.1 Å². The van der Waals surface area contributed by atoms with Gasteiger partial charge in [0, 0.05) is 11.6 Å². The number of ether oxygens (including phenoxy) is 1. The number of hydrogen-bond acceptors (Lipinski definition) is 2. The van der Waals surface area contributed by atoms with Crippen LogP contribution in [-0.2, 0) is 0 Å². The van der Waals surface area contributed by atoms with Crippen LogP contribution in [0, 0.1) is 12.7 Å². The van der Waals surface area contributed by atoms with Gasteiger partial charge in [-0.15, -0.1) is 0 Å². The normalized spacial score (nSPS) is 12.3. The topological polar surface area (TPSA) is 35.2 Å². The summed E-state index contributed by atoms with van der Waals surface area (Å²) in [6.07, 6.45) is 0. The Morgan fingerprint density at radius 3 is 2.63 bits per heavy atom. The van der Waals surface area contributed by atoms with Crippen LogP contribution < -0.4 is 10.5 Å². The van der Waals surface area contributed by atoms with Gasteiger partial charge in [0.05, 0.1) is 5.02 Å². The van der Waals surface area contributed by atoms with Crippen molar-refractivity contribution in [3.05, 3.63) is 58.4 Å². The highest BCUT2D eigenvalue weighted by molar-refractivity contribution is 6.32. The molecule has 1 atom stereocenters. The highest BCUT2D eigenvalue weighted by atomic mass is 35.5. The van der Waals surface area contributed by atoms with Crippen molar-refractivity contribution in [1.29, 1.82) is 0 Å². The Kier molecular flexibility index (Phi) is 4.08. The van der Waals surface area contributed by atoms with Gasteiger partial charge in [-0.05, 0) is 37.6 Å². The molecule has 0 saturated carbocycles. The van der Waals surface area contributed by atoms with E-state index in [1.54, 1.807) is 31.2 Å². The Balaban J connectivity index is 2.43. The molecule has 100 valence electrons. The average molecular weight is 280 g/mol. The van der Waals surface area contributed by atoms with Crippen LogP contribution in [0.2, 0.25) is 5.02 Å². The van der Waals surface area contributed by atoms with Gasteiger partial charge < -0.3 is 10.5 Å². The number of rotatable bonds is 3. The summed E-state index contributed by atoms with van der Waals surface area (Å²) in [4.78, 5) is 0. The standard InChI is InChI=1S/C15H15ClFNO/c1-9-6-7-14(12(16)8-9)19-15-11(10(2)18)4-3-5-13(15)17/h3-8,10H,18H2,1-2H3/t10-/m1/s1. The maximum Gasteiger partial charge on any atom is 0.167 e. The van der Waals surface area contributed by atoms with Gasteiger partial charge in [-0.3, -0.25) is 0 Å². The molecule has 0 radical (unpaired) electrons. The quantitative estimate of drug-likeness (QED) is 0.891. The maximum atomic E-state index is 13.9. The van der Waals surface area contributed by atoms with Crippen LogP contribution in [0.1, 0.15) is 24.1 Å². The Morgan fingerprint density at radius 2 is 2.00 bits per heavy atom. The van der Waals surface area contributed by atoms with Crippen molar-refractivity contribution in [2.75, 3.05) is 0 Å². The van der Waals surface area contributed by atoms with Crippen molar-refractivity contribution in [3.63, 3.8) is 0 Å². The first-order valence-corrected chi connectivity index (χ1v) is 6.35. The van der Waals surface area contributed by atoms with Gasteiger partial charge in [0.15, 0.2) is 11.6 Å². The van der Waals surface area contributed by atoms with E-state index in [1.807, 2.05) is 13.0 Å². The monoisotopic (exact) mass is 279 g/mol. The summed E-state index contributed by atoms with van der Waals surface area (Å²) in [6.45, 7) is 3.70. The van der Waals surface area contributed by atoms with Gasteiger partial charge in [0.2, 0.25) is 0 Å². The molecule has 2 aromatic rings. The van der Waals surface area contributed by atoms with Gasteiger partial charge in [-0.2, -0.15) is 0 Å². The van der Waals surface area contributed by atoms with E-state index in [1.165, 1.54) is 6.07 Å². The maximum absolute atomic E-state index is 13.9. The molecule has 2 rings (SSSR count). The largest absolute Gasteiger partial charge is 0.452 e. The molecule has 0 spiro atoms. The Morgan fingerprint density at radius 1 is 1.26 bits per heavy atom. The summed E-state index contributed by atoms with van der Waals surface area (Å²) >= 11 is 6.08. The number of benzene rings is 2. The van der Waals surface area contributed by atoms with E-state index in [-0.39, 0.29) is 11.8 Å². The summed E-state index contributed by atoms with van der Waals surface area (Å²) in [5.41, 5.74) is 7.44. The molecule has 0 saturated heterocycles. The van der Waals surface area contributed by atoms with Crippen LogP contribution >= 0.6 is 11.6 Å². The molecule has 19 heavy (non-hydrogen) atoms. The number of halogens is 2. The predicted molar refractivity (Wildman–Crippen MR) is 75.3 cm³/mol. The first kappa shape index (κ1) is 13.8. The van der Waals surface area contributed by atoms with Crippen LogP contribution in [0.15, 0.2) is 36.4 Å². The number of nitrogens with two attached hydrogens (primary N) is 1. The molecule has 2 nitrogen and oxygen atoms in total. The van der Waals surface area contributed by atoms with Crippen molar-refractivity contribution in [2.45, 2.75) is 19.9 Å². The van der Waals surface area contributed by atoms with E-state index < -0.39 is 5.82 Å². The zero-order chi connectivity index (χ0) is 14.0. The number of para-hydroxylation sites is 1. The lowest BCUT2D eigenvalue weighted by Crippen LogP contribution is -2.07. The minimum absolute atomic E-state index is 0.128. The molecule has 4 heteroatoms. The highest BCUT2D eigenvalue weighted by Crippen LogP contribution is 2.35. The van der Waals surface area contributed by atoms with E-state index in [9.17, 15) is 4.39 Å². The van der Waals surface area contributed by atoms with Crippen molar-refractivity contribution in [2.24, 2.45) is 5.73 Å². The molecule has 0 aromatic heterocycles. The van der Waals surface area contributed by atoms with Gasteiger partial charge in [-0.25, -0.2) is 4.39 Å². The molecule has 2 N–H and O–H groups in total. The molecule has 0 bridgehead atoms. The molecule has 2 aromatic carbocycles. The molecule has 0 amide bonds. The van der Waals surface area contributed by atoms with Crippen molar-refractivity contribution < 1.29 is 9.13 Å². The predicted octanol–water partition coefficient (Wildman–Crippen LogP) is 4.60. The minimum Gasteiger partial charge on any atom is -0.452 e. The lowest BCUT2D eigenvalue weighted by atomic mass is 10.1. The third-order valence-electron chi connectivity index (χ3n) is 2.79. The summed E-state index contributed by atoms with van der Waals surface area (Å²) < 4.78 is 19.5. The van der Waals surface area contributed by atoms with Crippen LogP contribution in [0.4, 0.5) is 4.39 Å². The Hall–Kier alpha value is -1.58. The zero-order valence-electron chi connectivity index (χ0n) is 10.8. The van der Waals surface area contributed by atoms with E-state index >= 15 is 0 Å². The van der Waals surface area contributed by atoms with Crippen molar-refractivity contribution in [3.8, 4) is 11.5 Å². The average Bonchev–Trinajstić information content (AvgIpc) is 2.34. The molecule has 0 aliphatic rings. The summed E-state index contributed by atoms with van der Waals surface area (Å²) in [7, 11) is 0. The van der Waals surface area contributed by atoms with E-state index in [0.29, 0.717) is 16.3 Å².